The van der Waals surface area contributed by atoms with Crippen molar-refractivity contribution in [2.24, 2.45) is 0 Å². The highest BCUT2D eigenvalue weighted by Gasteiger charge is 2.48. The van der Waals surface area contributed by atoms with Gasteiger partial charge in [-0.2, -0.15) is 0 Å². The number of fused-ring (bicyclic) bond motifs is 2. The first-order valence-electron chi connectivity index (χ1n) is 13.0. The van der Waals surface area contributed by atoms with Gasteiger partial charge in [0.05, 0.1) is 25.8 Å². The number of methoxy groups -OCH3 is 2. The van der Waals surface area contributed by atoms with E-state index in [1.54, 1.807) is 24.3 Å². The fourth-order valence-corrected chi connectivity index (χ4v) is 5.65. The second-order valence-corrected chi connectivity index (χ2v) is 9.67. The molecule has 0 aromatic heterocycles. The van der Waals surface area contributed by atoms with Crippen molar-refractivity contribution in [2.45, 2.75) is 18.9 Å². The molecule has 4 aliphatic heterocycles. The van der Waals surface area contributed by atoms with E-state index in [1.165, 1.54) is 19.1 Å². The molecular formula is C28H30N2O9. The third kappa shape index (κ3) is 4.26. The van der Waals surface area contributed by atoms with Gasteiger partial charge in [0.2, 0.25) is 18.3 Å². The fraction of sp³-hybridized carbons (Fsp3) is 0.429. The maximum atomic E-state index is 13.6. The Kier molecular flexibility index (Phi) is 6.59. The number of carbonyl (C=O) groups excluding carboxylic acids is 2. The molecule has 1 atom stereocenters. The van der Waals surface area contributed by atoms with Crippen LogP contribution < -0.4 is 28.4 Å². The van der Waals surface area contributed by atoms with Gasteiger partial charge < -0.3 is 43.3 Å². The van der Waals surface area contributed by atoms with Gasteiger partial charge >= 0.3 is 0 Å². The molecule has 2 saturated heterocycles. The molecule has 1 unspecified atom stereocenters. The van der Waals surface area contributed by atoms with E-state index in [0.717, 1.165) is 25.9 Å². The van der Waals surface area contributed by atoms with Crippen LogP contribution in [0.3, 0.4) is 0 Å². The van der Waals surface area contributed by atoms with Crippen molar-refractivity contribution >= 4 is 17.4 Å². The lowest BCUT2D eigenvalue weighted by molar-refractivity contribution is -0.140. The molecule has 0 spiro atoms. The lowest BCUT2D eigenvalue weighted by Gasteiger charge is -2.29. The van der Waals surface area contributed by atoms with Gasteiger partial charge in [-0.3, -0.25) is 9.59 Å². The maximum absolute atomic E-state index is 13.6. The number of carbonyl (C=O) groups is 2. The Morgan fingerprint density at radius 2 is 1.67 bits per heavy atom. The summed E-state index contributed by atoms with van der Waals surface area (Å²) < 4.78 is 33.9. The Morgan fingerprint density at radius 3 is 2.41 bits per heavy atom. The van der Waals surface area contributed by atoms with Crippen LogP contribution in [0.5, 0.6) is 34.5 Å². The lowest BCUT2D eigenvalue weighted by atomic mass is 9.93. The summed E-state index contributed by atoms with van der Waals surface area (Å²) in [5.41, 5.74) is 0.712. The molecule has 2 aromatic rings. The number of aliphatic hydroxyl groups is 1. The van der Waals surface area contributed by atoms with Gasteiger partial charge in [0.25, 0.3) is 11.7 Å². The third-order valence-electron chi connectivity index (χ3n) is 7.52. The summed E-state index contributed by atoms with van der Waals surface area (Å²) in [6.45, 7) is 3.54. The number of likely N-dealkylation sites (tertiary alicyclic amines) is 2. The summed E-state index contributed by atoms with van der Waals surface area (Å²) in [5.74, 6) is 0.531. The van der Waals surface area contributed by atoms with E-state index < -0.39 is 17.7 Å². The van der Waals surface area contributed by atoms with Gasteiger partial charge in [0.15, 0.2) is 23.0 Å². The summed E-state index contributed by atoms with van der Waals surface area (Å²) in [4.78, 5) is 30.8. The van der Waals surface area contributed by atoms with Crippen LogP contribution in [0.4, 0.5) is 0 Å². The highest BCUT2D eigenvalue weighted by Crippen LogP contribution is 2.54. The Bertz CT molecular complexity index is 1350. The van der Waals surface area contributed by atoms with Gasteiger partial charge in [-0.05, 0) is 50.2 Å². The molecule has 11 heteroatoms. The van der Waals surface area contributed by atoms with Crippen LogP contribution in [0.1, 0.15) is 30.0 Å². The molecule has 0 aliphatic carbocycles. The molecule has 4 heterocycles. The number of aliphatic hydroxyl groups excluding tert-OH is 1. The first-order valence-corrected chi connectivity index (χ1v) is 13.0. The van der Waals surface area contributed by atoms with Crippen molar-refractivity contribution in [2.75, 3.05) is 60.4 Å². The minimum Gasteiger partial charge on any atom is -0.507 e. The summed E-state index contributed by atoms with van der Waals surface area (Å²) >= 11 is 0. The van der Waals surface area contributed by atoms with Gasteiger partial charge in [-0.15, -0.1) is 0 Å². The fourth-order valence-electron chi connectivity index (χ4n) is 5.65. The van der Waals surface area contributed by atoms with Gasteiger partial charge in [-0.25, -0.2) is 0 Å². The summed E-state index contributed by atoms with van der Waals surface area (Å²) in [7, 11) is 2.95. The molecule has 2 fully saturated rings. The van der Waals surface area contributed by atoms with Crippen LogP contribution in [0.2, 0.25) is 0 Å². The molecule has 0 saturated carbocycles. The Labute approximate surface area is 225 Å². The molecule has 0 radical (unpaired) electrons. The lowest BCUT2D eigenvalue weighted by Crippen LogP contribution is -2.37. The average Bonchev–Trinajstić information content (AvgIpc) is 3.71. The standard InChI is InChI=1S/C28H30N2O9/c1-34-25-17(14-20-26(27(25)35-2)39-15-38-20)22-21(23(31)16-5-6-18-19(13-16)37-12-11-36-18)24(32)28(33)30(22)10-9-29-7-3-4-8-29/h5-6,13-14,22,31H,3-4,7-12,15H2,1-2H3/b23-21+. The Balaban J connectivity index is 1.50. The monoisotopic (exact) mass is 538 g/mol. The molecule has 4 aliphatic rings. The van der Waals surface area contributed by atoms with E-state index in [4.69, 9.17) is 28.4 Å². The number of amides is 1. The first kappa shape index (κ1) is 25.2. The van der Waals surface area contributed by atoms with Gasteiger partial charge in [-0.1, -0.05) is 0 Å². The first-order chi connectivity index (χ1) is 19.0. The molecule has 11 nitrogen and oxygen atoms in total. The Hall–Kier alpha value is -4.12. The van der Waals surface area contributed by atoms with Crippen LogP contribution in [0, 0.1) is 0 Å². The normalized spacial score (nSPS) is 21.5. The number of hydrogen-bond donors (Lipinski definition) is 1. The molecular weight excluding hydrogens is 508 g/mol. The number of benzene rings is 2. The highest BCUT2D eigenvalue weighted by atomic mass is 16.7. The maximum Gasteiger partial charge on any atom is 0.295 e. The number of ether oxygens (including phenoxy) is 6. The molecule has 206 valence electrons. The predicted octanol–water partition coefficient (Wildman–Crippen LogP) is 2.72. The number of hydrogen-bond acceptors (Lipinski definition) is 10. The topological polar surface area (TPSA) is 116 Å². The molecule has 6 rings (SSSR count). The van der Waals surface area contributed by atoms with Crippen molar-refractivity contribution in [1.82, 2.24) is 9.80 Å². The van der Waals surface area contributed by atoms with Crippen LogP contribution in [-0.4, -0.2) is 87.0 Å². The Morgan fingerprint density at radius 1 is 0.923 bits per heavy atom. The second-order valence-electron chi connectivity index (χ2n) is 9.67. The van der Waals surface area contributed by atoms with Crippen molar-refractivity contribution in [3.8, 4) is 34.5 Å². The zero-order valence-corrected chi connectivity index (χ0v) is 21.9. The van der Waals surface area contributed by atoms with Gasteiger partial charge in [0.1, 0.15) is 19.0 Å². The minimum absolute atomic E-state index is 0.00928. The molecule has 1 N–H and O–H groups in total. The zero-order valence-electron chi connectivity index (χ0n) is 21.9. The summed E-state index contributed by atoms with van der Waals surface area (Å²) in [5, 5.41) is 11.6. The smallest absolute Gasteiger partial charge is 0.295 e. The predicted molar refractivity (Wildman–Crippen MR) is 138 cm³/mol. The van der Waals surface area contributed by atoms with Crippen LogP contribution in [0.15, 0.2) is 29.8 Å². The number of rotatable bonds is 7. The van der Waals surface area contributed by atoms with E-state index in [2.05, 4.69) is 4.90 Å². The number of nitrogens with zero attached hydrogens (tertiary/aromatic N) is 2. The van der Waals surface area contributed by atoms with E-state index in [1.807, 2.05) is 0 Å². The zero-order chi connectivity index (χ0) is 27.1. The van der Waals surface area contributed by atoms with Crippen molar-refractivity contribution in [3.63, 3.8) is 0 Å². The van der Waals surface area contributed by atoms with E-state index in [9.17, 15) is 14.7 Å². The molecule has 0 bridgehead atoms. The van der Waals surface area contributed by atoms with E-state index in [-0.39, 0.29) is 36.2 Å². The summed E-state index contributed by atoms with van der Waals surface area (Å²) in [6, 6.07) is 5.64. The van der Waals surface area contributed by atoms with Crippen LogP contribution >= 0.6 is 0 Å². The molecule has 2 aromatic carbocycles. The van der Waals surface area contributed by atoms with Crippen LogP contribution in [0.25, 0.3) is 5.76 Å². The minimum atomic E-state index is -0.959. The SMILES string of the molecule is COc1c(C2/C(=C(\O)c3ccc4c(c3)OCCO4)C(=O)C(=O)N2CCN2CCCC2)cc2c(c1OC)OCO2. The van der Waals surface area contributed by atoms with E-state index in [0.29, 0.717) is 53.9 Å². The molecule has 1 amide bonds. The second kappa shape index (κ2) is 10.2. The molecule has 39 heavy (non-hydrogen) atoms. The van der Waals surface area contributed by atoms with Gasteiger partial charge in [0, 0.05) is 24.2 Å². The average molecular weight is 539 g/mol. The van der Waals surface area contributed by atoms with Crippen LogP contribution in [-0.2, 0) is 9.59 Å². The van der Waals surface area contributed by atoms with Crippen molar-refractivity contribution in [1.29, 1.82) is 0 Å². The quantitative estimate of drug-likeness (QED) is 0.320. The van der Waals surface area contributed by atoms with E-state index >= 15 is 0 Å². The largest absolute Gasteiger partial charge is 0.507 e. The number of ketones is 1. The third-order valence-corrected chi connectivity index (χ3v) is 7.52. The van der Waals surface area contributed by atoms with Crippen molar-refractivity contribution < 1.29 is 43.1 Å². The summed E-state index contributed by atoms with van der Waals surface area (Å²) in [6.07, 6.45) is 2.19. The highest BCUT2D eigenvalue weighted by molar-refractivity contribution is 6.46. The number of Topliss-reactive ketones (excluding diaryl/α,β-unsaturated/α-hetero) is 1. The van der Waals surface area contributed by atoms with Crippen molar-refractivity contribution in [3.05, 3.63) is 41.0 Å².